The molecule has 1 saturated carbocycles. The number of nitrogens with zero attached hydrogens (tertiary/aromatic N) is 3. The number of carbonyl (C=O) groups excluding carboxylic acids is 1. The molecule has 1 amide bonds. The van der Waals surface area contributed by atoms with Crippen LogP contribution in [0.4, 0.5) is 0 Å². The lowest BCUT2D eigenvalue weighted by atomic mass is 10.1. The van der Waals surface area contributed by atoms with Gasteiger partial charge < -0.3 is 4.90 Å². The first-order valence-electron chi connectivity index (χ1n) is 9.56. The van der Waals surface area contributed by atoms with Crippen molar-refractivity contribution in [3.8, 4) is 11.3 Å². The highest BCUT2D eigenvalue weighted by molar-refractivity contribution is 7.15. The molecule has 3 aromatic heterocycles. The minimum absolute atomic E-state index is 0.176. The van der Waals surface area contributed by atoms with Gasteiger partial charge in [-0.3, -0.25) is 9.20 Å². The minimum Gasteiger partial charge on any atom is -0.335 e. The number of hydrogen-bond donors (Lipinski definition) is 0. The second kappa shape index (κ2) is 7.18. The molecule has 1 aliphatic carbocycles. The Morgan fingerprint density at radius 3 is 2.75 bits per heavy atom. The van der Waals surface area contributed by atoms with Crippen molar-refractivity contribution >= 4 is 33.5 Å². The molecule has 1 aliphatic rings. The zero-order valence-electron chi connectivity index (χ0n) is 15.7. The molecule has 0 spiro atoms. The van der Waals surface area contributed by atoms with Crippen molar-refractivity contribution in [2.45, 2.75) is 32.2 Å². The van der Waals surface area contributed by atoms with E-state index in [1.165, 1.54) is 22.6 Å². The summed E-state index contributed by atoms with van der Waals surface area (Å²) in [6.07, 6.45) is 5.21. The summed E-state index contributed by atoms with van der Waals surface area (Å²) in [5.74, 6) is 0.176. The second-order valence-electron chi connectivity index (χ2n) is 7.33. The molecule has 0 saturated heterocycles. The number of fused-ring (bicyclic) bond motifs is 1. The van der Waals surface area contributed by atoms with Gasteiger partial charge >= 0.3 is 0 Å². The second-order valence-corrected chi connectivity index (χ2v) is 9.11. The van der Waals surface area contributed by atoms with E-state index in [0.29, 0.717) is 6.04 Å². The number of amides is 1. The van der Waals surface area contributed by atoms with E-state index in [9.17, 15) is 4.79 Å². The molecule has 5 rings (SSSR count). The third-order valence-corrected chi connectivity index (χ3v) is 6.97. The summed E-state index contributed by atoms with van der Waals surface area (Å²) in [7, 11) is 0. The smallest absolute Gasteiger partial charge is 0.264 e. The minimum atomic E-state index is 0.176. The number of carbonyl (C=O) groups is 1. The zero-order chi connectivity index (χ0) is 19.1. The lowest BCUT2D eigenvalue weighted by Crippen LogP contribution is -2.34. The summed E-state index contributed by atoms with van der Waals surface area (Å²) in [4.78, 5) is 21.5. The van der Waals surface area contributed by atoms with E-state index >= 15 is 0 Å². The molecular formula is C22H21N3OS2. The van der Waals surface area contributed by atoms with Gasteiger partial charge in [-0.2, -0.15) is 0 Å². The van der Waals surface area contributed by atoms with Crippen LogP contribution in [0.1, 0.15) is 33.8 Å². The predicted octanol–water partition coefficient (Wildman–Crippen LogP) is 5.28. The first-order chi connectivity index (χ1) is 13.7. The molecule has 142 valence electrons. The number of imidazole rings is 1. The normalized spacial score (nSPS) is 13.9. The van der Waals surface area contributed by atoms with Crippen LogP contribution in [0.2, 0.25) is 0 Å². The number of aryl methyl sites for hydroxylation is 1. The molecule has 6 heteroatoms. The van der Waals surface area contributed by atoms with Gasteiger partial charge in [-0.05, 0) is 31.2 Å². The van der Waals surface area contributed by atoms with Crippen molar-refractivity contribution in [2.24, 2.45) is 0 Å². The average Bonchev–Trinajstić information content (AvgIpc) is 3.10. The quantitative estimate of drug-likeness (QED) is 0.436. The number of benzene rings is 1. The van der Waals surface area contributed by atoms with Crippen molar-refractivity contribution in [3.05, 3.63) is 69.5 Å². The molecule has 0 N–H and O–H groups in total. The highest BCUT2D eigenvalue weighted by Crippen LogP contribution is 2.30. The van der Waals surface area contributed by atoms with Gasteiger partial charge in [0, 0.05) is 41.8 Å². The first-order valence-corrected chi connectivity index (χ1v) is 11.3. The van der Waals surface area contributed by atoms with Crippen molar-refractivity contribution in [3.63, 3.8) is 0 Å². The van der Waals surface area contributed by atoms with E-state index in [1.807, 2.05) is 17.5 Å². The summed E-state index contributed by atoms with van der Waals surface area (Å²) in [6, 6.07) is 12.8. The SMILES string of the molecule is Cc1ccc(-c2cn3c(CCN(C(=O)c4cccs4)C4CC4)csc3n2)cc1. The molecule has 0 bridgehead atoms. The molecule has 4 nitrogen and oxygen atoms in total. The molecule has 3 heterocycles. The highest BCUT2D eigenvalue weighted by Gasteiger charge is 2.33. The van der Waals surface area contributed by atoms with Crippen molar-refractivity contribution in [1.29, 1.82) is 0 Å². The summed E-state index contributed by atoms with van der Waals surface area (Å²) >= 11 is 3.19. The van der Waals surface area contributed by atoms with E-state index in [1.54, 1.807) is 11.3 Å². The number of aromatic nitrogens is 2. The van der Waals surface area contributed by atoms with Crippen LogP contribution in [0.5, 0.6) is 0 Å². The largest absolute Gasteiger partial charge is 0.335 e. The van der Waals surface area contributed by atoms with Gasteiger partial charge in [-0.25, -0.2) is 4.98 Å². The van der Waals surface area contributed by atoms with Gasteiger partial charge in [0.1, 0.15) is 0 Å². The van der Waals surface area contributed by atoms with Crippen LogP contribution in [0.15, 0.2) is 53.4 Å². The lowest BCUT2D eigenvalue weighted by molar-refractivity contribution is 0.0749. The Bertz CT molecular complexity index is 1100. The Morgan fingerprint density at radius 2 is 2.04 bits per heavy atom. The summed E-state index contributed by atoms with van der Waals surface area (Å²) < 4.78 is 2.18. The Labute approximate surface area is 172 Å². The van der Waals surface area contributed by atoms with Crippen molar-refractivity contribution in [1.82, 2.24) is 14.3 Å². The summed E-state index contributed by atoms with van der Waals surface area (Å²) in [5.41, 5.74) is 4.61. The van der Waals surface area contributed by atoms with Crippen LogP contribution < -0.4 is 0 Å². The van der Waals surface area contributed by atoms with Gasteiger partial charge in [0.05, 0.1) is 10.6 Å². The molecule has 0 atom stereocenters. The topological polar surface area (TPSA) is 37.6 Å². The lowest BCUT2D eigenvalue weighted by Gasteiger charge is -2.21. The van der Waals surface area contributed by atoms with Gasteiger partial charge in [0.25, 0.3) is 5.91 Å². The monoisotopic (exact) mass is 407 g/mol. The molecule has 0 unspecified atom stereocenters. The van der Waals surface area contributed by atoms with E-state index in [0.717, 1.165) is 46.9 Å². The first kappa shape index (κ1) is 17.6. The highest BCUT2D eigenvalue weighted by atomic mass is 32.1. The Hall–Kier alpha value is -2.44. The van der Waals surface area contributed by atoms with Crippen LogP contribution in [0.3, 0.4) is 0 Å². The fraction of sp³-hybridized carbons (Fsp3) is 0.273. The predicted molar refractivity (Wildman–Crippen MR) is 115 cm³/mol. The van der Waals surface area contributed by atoms with E-state index in [2.05, 4.69) is 52.1 Å². The maximum absolute atomic E-state index is 12.8. The zero-order valence-corrected chi connectivity index (χ0v) is 17.3. The standard InChI is InChI=1S/C22H21N3OS2/c1-15-4-6-16(7-5-15)19-13-25-18(14-28-22(25)23-19)10-11-24(17-8-9-17)21(26)20-3-2-12-27-20/h2-7,12-14,17H,8-11H2,1H3. The van der Waals surface area contributed by atoms with Crippen LogP contribution >= 0.6 is 22.7 Å². The molecule has 28 heavy (non-hydrogen) atoms. The van der Waals surface area contributed by atoms with Crippen LogP contribution in [0, 0.1) is 6.92 Å². The number of thiophene rings is 1. The number of rotatable bonds is 6. The summed E-state index contributed by atoms with van der Waals surface area (Å²) in [6.45, 7) is 2.85. The number of hydrogen-bond acceptors (Lipinski definition) is 4. The van der Waals surface area contributed by atoms with Crippen LogP contribution in [-0.2, 0) is 6.42 Å². The van der Waals surface area contributed by atoms with Crippen LogP contribution in [-0.4, -0.2) is 32.8 Å². The van der Waals surface area contributed by atoms with Gasteiger partial charge in [0.15, 0.2) is 4.96 Å². The molecular weight excluding hydrogens is 386 g/mol. The summed E-state index contributed by atoms with van der Waals surface area (Å²) in [5, 5.41) is 4.14. The molecule has 4 aromatic rings. The van der Waals surface area contributed by atoms with Gasteiger partial charge in [0.2, 0.25) is 0 Å². The molecule has 1 fully saturated rings. The molecule has 0 radical (unpaired) electrons. The third-order valence-electron chi connectivity index (χ3n) is 5.22. The van der Waals surface area contributed by atoms with E-state index < -0.39 is 0 Å². The number of thiazole rings is 1. The maximum atomic E-state index is 12.8. The molecule has 1 aromatic carbocycles. The van der Waals surface area contributed by atoms with Crippen LogP contribution in [0.25, 0.3) is 16.2 Å². The van der Waals surface area contributed by atoms with E-state index in [4.69, 9.17) is 4.98 Å². The Balaban J connectivity index is 1.36. The maximum Gasteiger partial charge on any atom is 0.264 e. The third kappa shape index (κ3) is 3.38. The average molecular weight is 408 g/mol. The fourth-order valence-corrected chi connectivity index (χ4v) is 5.07. The van der Waals surface area contributed by atoms with Crippen molar-refractivity contribution < 1.29 is 4.79 Å². The van der Waals surface area contributed by atoms with Gasteiger partial charge in [-0.15, -0.1) is 22.7 Å². The van der Waals surface area contributed by atoms with Crippen molar-refractivity contribution in [2.75, 3.05) is 6.54 Å². The fourth-order valence-electron chi connectivity index (χ4n) is 3.49. The van der Waals surface area contributed by atoms with E-state index in [-0.39, 0.29) is 5.91 Å². The Morgan fingerprint density at radius 1 is 1.21 bits per heavy atom. The Kier molecular flexibility index (Phi) is 4.53. The van der Waals surface area contributed by atoms with Gasteiger partial charge in [-0.1, -0.05) is 35.9 Å². The molecule has 0 aliphatic heterocycles.